The molecule has 0 unspecified atom stereocenters. The van der Waals surface area contributed by atoms with Crippen LogP contribution in [0.15, 0.2) is 42.5 Å². The molecule has 0 radical (unpaired) electrons. The Hall–Kier alpha value is -1.54. The van der Waals surface area contributed by atoms with Gasteiger partial charge in [-0.05, 0) is 55.0 Å². The van der Waals surface area contributed by atoms with E-state index in [9.17, 15) is 0 Å². The van der Waals surface area contributed by atoms with Gasteiger partial charge in [0.15, 0.2) is 0 Å². The SMILES string of the molecule is CCCC[NH2+]CCCCCCOc1ccc2ccccc2c1. The van der Waals surface area contributed by atoms with E-state index in [0.717, 1.165) is 18.8 Å². The smallest absolute Gasteiger partial charge is 0.119 e. The zero-order valence-corrected chi connectivity index (χ0v) is 13.9. The number of rotatable bonds is 11. The molecule has 0 aliphatic rings. The second-order valence-corrected chi connectivity index (χ2v) is 5.99. The van der Waals surface area contributed by atoms with Crippen molar-refractivity contribution in [3.8, 4) is 5.75 Å². The fraction of sp³-hybridized carbons (Fsp3) is 0.500. The van der Waals surface area contributed by atoms with Gasteiger partial charge in [0, 0.05) is 0 Å². The molecule has 2 heteroatoms. The predicted octanol–water partition coefficient (Wildman–Crippen LogP) is 4.14. The van der Waals surface area contributed by atoms with Crippen LogP contribution >= 0.6 is 0 Å². The van der Waals surface area contributed by atoms with Gasteiger partial charge in [-0.1, -0.05) is 43.7 Å². The van der Waals surface area contributed by atoms with Gasteiger partial charge >= 0.3 is 0 Å². The van der Waals surface area contributed by atoms with E-state index in [1.807, 2.05) is 0 Å². The van der Waals surface area contributed by atoms with Crippen molar-refractivity contribution in [3.63, 3.8) is 0 Å². The van der Waals surface area contributed by atoms with Gasteiger partial charge in [-0.25, -0.2) is 0 Å². The first-order chi connectivity index (χ1) is 10.9. The standard InChI is InChI=1S/C20H29NO/c1-2-3-14-21-15-8-4-5-9-16-22-20-13-12-18-10-6-7-11-19(18)17-20/h6-7,10-13,17,21H,2-5,8-9,14-16H2,1H3/p+1. The lowest BCUT2D eigenvalue weighted by Crippen LogP contribution is -2.84. The largest absolute Gasteiger partial charge is 0.494 e. The summed E-state index contributed by atoms with van der Waals surface area (Å²) in [5, 5.41) is 4.98. The Labute approximate surface area is 134 Å². The first-order valence-electron chi connectivity index (χ1n) is 8.83. The van der Waals surface area contributed by atoms with E-state index in [1.165, 1.54) is 56.0 Å². The zero-order chi connectivity index (χ0) is 15.5. The third-order valence-electron chi connectivity index (χ3n) is 4.05. The summed E-state index contributed by atoms with van der Waals surface area (Å²) < 4.78 is 5.87. The highest BCUT2D eigenvalue weighted by molar-refractivity contribution is 5.83. The molecular weight excluding hydrogens is 270 g/mol. The third kappa shape index (κ3) is 6.07. The molecule has 0 aromatic heterocycles. The van der Waals surface area contributed by atoms with E-state index in [-0.39, 0.29) is 0 Å². The summed E-state index contributed by atoms with van der Waals surface area (Å²) in [6, 6.07) is 14.8. The summed E-state index contributed by atoms with van der Waals surface area (Å²) in [5.74, 6) is 0.992. The van der Waals surface area contributed by atoms with Gasteiger partial charge in [0.25, 0.3) is 0 Å². The number of unbranched alkanes of at least 4 members (excludes halogenated alkanes) is 4. The lowest BCUT2D eigenvalue weighted by atomic mass is 10.1. The van der Waals surface area contributed by atoms with Crippen LogP contribution in [0.25, 0.3) is 10.8 Å². The van der Waals surface area contributed by atoms with Gasteiger partial charge in [-0.2, -0.15) is 0 Å². The van der Waals surface area contributed by atoms with Crippen LogP contribution in [0.3, 0.4) is 0 Å². The fourth-order valence-corrected chi connectivity index (χ4v) is 2.68. The molecule has 0 spiro atoms. The van der Waals surface area contributed by atoms with Crippen molar-refractivity contribution in [2.24, 2.45) is 0 Å². The molecule has 0 atom stereocenters. The molecule has 2 N–H and O–H groups in total. The van der Waals surface area contributed by atoms with Crippen LogP contribution in [-0.2, 0) is 0 Å². The lowest BCUT2D eigenvalue weighted by molar-refractivity contribution is -0.655. The Morgan fingerprint density at radius 3 is 2.45 bits per heavy atom. The molecule has 2 aromatic carbocycles. The summed E-state index contributed by atoms with van der Waals surface area (Å²) in [7, 11) is 0. The zero-order valence-electron chi connectivity index (χ0n) is 13.9. The van der Waals surface area contributed by atoms with Gasteiger partial charge in [-0.3, -0.25) is 0 Å². The molecule has 0 fully saturated rings. The molecular formula is C20H30NO+. The molecule has 0 bridgehead atoms. The fourth-order valence-electron chi connectivity index (χ4n) is 2.68. The molecule has 2 rings (SSSR count). The van der Waals surface area contributed by atoms with E-state index >= 15 is 0 Å². The molecule has 22 heavy (non-hydrogen) atoms. The van der Waals surface area contributed by atoms with Gasteiger partial charge in [0.2, 0.25) is 0 Å². The molecule has 2 aromatic rings. The molecule has 120 valence electrons. The first kappa shape index (κ1) is 16.8. The quantitative estimate of drug-likeness (QED) is 0.620. The molecule has 0 saturated heterocycles. The average Bonchev–Trinajstić information content (AvgIpc) is 2.56. The highest BCUT2D eigenvalue weighted by atomic mass is 16.5. The van der Waals surface area contributed by atoms with Gasteiger partial charge in [0.1, 0.15) is 5.75 Å². The molecule has 0 amide bonds. The van der Waals surface area contributed by atoms with Gasteiger partial charge < -0.3 is 10.1 Å². The lowest BCUT2D eigenvalue weighted by Gasteiger charge is -2.07. The second kappa shape index (κ2) is 10.2. The van der Waals surface area contributed by atoms with Crippen LogP contribution in [0.4, 0.5) is 0 Å². The van der Waals surface area contributed by atoms with E-state index in [4.69, 9.17) is 4.74 Å². The maximum Gasteiger partial charge on any atom is 0.119 e. The molecule has 0 aliphatic heterocycles. The summed E-state index contributed by atoms with van der Waals surface area (Å²) in [5.41, 5.74) is 0. The Morgan fingerprint density at radius 1 is 0.818 bits per heavy atom. The van der Waals surface area contributed by atoms with Crippen LogP contribution in [-0.4, -0.2) is 19.7 Å². The molecule has 0 saturated carbocycles. The highest BCUT2D eigenvalue weighted by Crippen LogP contribution is 2.20. The van der Waals surface area contributed by atoms with Crippen molar-refractivity contribution in [3.05, 3.63) is 42.5 Å². The maximum absolute atomic E-state index is 5.87. The number of hydrogen-bond acceptors (Lipinski definition) is 1. The Morgan fingerprint density at radius 2 is 1.59 bits per heavy atom. The number of nitrogens with two attached hydrogens (primary N) is 1. The van der Waals surface area contributed by atoms with E-state index in [0.29, 0.717) is 0 Å². The van der Waals surface area contributed by atoms with Crippen LogP contribution in [0.5, 0.6) is 5.75 Å². The van der Waals surface area contributed by atoms with Crippen LogP contribution in [0, 0.1) is 0 Å². The Kier molecular flexibility index (Phi) is 7.82. The van der Waals surface area contributed by atoms with Crippen LogP contribution < -0.4 is 10.1 Å². The predicted molar refractivity (Wildman–Crippen MR) is 94.5 cm³/mol. The minimum absolute atomic E-state index is 0.831. The monoisotopic (exact) mass is 300 g/mol. The van der Waals surface area contributed by atoms with Crippen LogP contribution in [0.2, 0.25) is 0 Å². The number of quaternary nitrogens is 1. The van der Waals surface area contributed by atoms with E-state index < -0.39 is 0 Å². The van der Waals surface area contributed by atoms with Crippen molar-refractivity contribution in [2.75, 3.05) is 19.7 Å². The Balaban J connectivity index is 1.54. The number of ether oxygens (including phenoxy) is 1. The van der Waals surface area contributed by atoms with Crippen molar-refractivity contribution in [1.82, 2.24) is 0 Å². The molecule has 0 heterocycles. The first-order valence-corrected chi connectivity index (χ1v) is 8.83. The minimum Gasteiger partial charge on any atom is -0.494 e. The van der Waals surface area contributed by atoms with E-state index in [2.05, 4.69) is 54.7 Å². The summed E-state index contributed by atoms with van der Waals surface area (Å²) in [6.07, 6.45) is 7.74. The normalized spacial score (nSPS) is 11.0. The van der Waals surface area contributed by atoms with Crippen LogP contribution in [0.1, 0.15) is 45.4 Å². The third-order valence-corrected chi connectivity index (χ3v) is 4.05. The minimum atomic E-state index is 0.831. The van der Waals surface area contributed by atoms with Gasteiger partial charge in [0.05, 0.1) is 19.7 Å². The second-order valence-electron chi connectivity index (χ2n) is 5.99. The summed E-state index contributed by atoms with van der Waals surface area (Å²) >= 11 is 0. The number of benzene rings is 2. The average molecular weight is 300 g/mol. The van der Waals surface area contributed by atoms with Crippen molar-refractivity contribution in [2.45, 2.75) is 45.4 Å². The summed E-state index contributed by atoms with van der Waals surface area (Å²) in [4.78, 5) is 0. The van der Waals surface area contributed by atoms with Crippen molar-refractivity contribution >= 4 is 10.8 Å². The summed E-state index contributed by atoms with van der Waals surface area (Å²) in [6.45, 7) is 5.66. The van der Waals surface area contributed by atoms with Gasteiger partial charge in [-0.15, -0.1) is 0 Å². The van der Waals surface area contributed by atoms with Crippen molar-refractivity contribution in [1.29, 1.82) is 0 Å². The topological polar surface area (TPSA) is 25.8 Å². The Bertz CT molecular complexity index is 538. The number of fused-ring (bicyclic) bond motifs is 1. The number of hydrogen-bond donors (Lipinski definition) is 1. The van der Waals surface area contributed by atoms with E-state index in [1.54, 1.807) is 0 Å². The maximum atomic E-state index is 5.87. The molecule has 2 nitrogen and oxygen atoms in total. The molecule has 0 aliphatic carbocycles. The van der Waals surface area contributed by atoms with Crippen molar-refractivity contribution < 1.29 is 10.1 Å². The highest BCUT2D eigenvalue weighted by Gasteiger charge is 1.98.